The smallest absolute Gasteiger partial charge is 0.272 e. The first-order valence-electron chi connectivity index (χ1n) is 4.35. The van der Waals surface area contributed by atoms with E-state index < -0.39 is 10.0 Å². The summed E-state index contributed by atoms with van der Waals surface area (Å²) >= 11 is 0.890. The fourth-order valence-electron chi connectivity index (χ4n) is 1.27. The predicted molar refractivity (Wildman–Crippen MR) is 56.8 cm³/mol. The second-order valence-corrected chi connectivity index (χ2v) is 6.15. The summed E-state index contributed by atoms with van der Waals surface area (Å²) in [7, 11) is -3.49. The molecule has 0 atom stereocenters. The van der Waals surface area contributed by atoms with Gasteiger partial charge in [-0.1, -0.05) is 23.5 Å². The number of sulfonamides is 1. The maximum atomic E-state index is 11.9. The molecule has 1 aliphatic rings. The summed E-state index contributed by atoms with van der Waals surface area (Å²) in [5.74, 6) is 0. The molecule has 0 amide bonds. The van der Waals surface area contributed by atoms with Gasteiger partial charge in [0.15, 0.2) is 0 Å². The van der Waals surface area contributed by atoms with E-state index in [2.05, 4.69) is 10.2 Å². The molecular formula is C7H10N4O2S2. The van der Waals surface area contributed by atoms with Gasteiger partial charge in [-0.05, 0) is 6.42 Å². The maximum absolute atomic E-state index is 11.9. The summed E-state index contributed by atoms with van der Waals surface area (Å²) in [5.41, 5.74) is 5.35. The maximum Gasteiger partial charge on any atom is 0.272 e. The summed E-state index contributed by atoms with van der Waals surface area (Å²) in [4.78, 5) is 0. The molecule has 0 saturated heterocycles. The number of nitrogen functional groups attached to an aromatic ring is 1. The molecular weight excluding hydrogens is 236 g/mol. The van der Waals surface area contributed by atoms with Crippen LogP contribution in [0.1, 0.15) is 6.42 Å². The lowest BCUT2D eigenvalue weighted by molar-refractivity contribution is 0.436. The molecule has 82 valence electrons. The van der Waals surface area contributed by atoms with Gasteiger partial charge in [-0.3, -0.25) is 0 Å². The minimum Gasteiger partial charge on any atom is -0.374 e. The molecule has 1 aromatic rings. The van der Waals surface area contributed by atoms with E-state index in [1.165, 1.54) is 4.31 Å². The third-order valence-electron chi connectivity index (χ3n) is 2.00. The van der Waals surface area contributed by atoms with Crippen molar-refractivity contribution in [3.63, 3.8) is 0 Å². The molecule has 0 radical (unpaired) electrons. The third kappa shape index (κ3) is 2.01. The summed E-state index contributed by atoms with van der Waals surface area (Å²) in [6, 6.07) is 0. The van der Waals surface area contributed by atoms with E-state index in [4.69, 9.17) is 5.73 Å². The van der Waals surface area contributed by atoms with Gasteiger partial charge in [0, 0.05) is 13.1 Å². The van der Waals surface area contributed by atoms with Crippen molar-refractivity contribution in [3.8, 4) is 0 Å². The van der Waals surface area contributed by atoms with E-state index in [0.717, 1.165) is 17.8 Å². The van der Waals surface area contributed by atoms with Crippen LogP contribution in [0.25, 0.3) is 0 Å². The van der Waals surface area contributed by atoms with E-state index in [1.54, 1.807) is 0 Å². The van der Waals surface area contributed by atoms with E-state index in [0.29, 0.717) is 13.1 Å². The van der Waals surface area contributed by atoms with Crippen molar-refractivity contribution in [1.82, 2.24) is 14.5 Å². The van der Waals surface area contributed by atoms with Gasteiger partial charge in [0.25, 0.3) is 10.0 Å². The molecule has 1 aromatic heterocycles. The van der Waals surface area contributed by atoms with Crippen LogP contribution in [0.5, 0.6) is 0 Å². The van der Waals surface area contributed by atoms with Gasteiger partial charge < -0.3 is 5.73 Å². The number of anilines is 1. The Kier molecular flexibility index (Phi) is 2.72. The van der Waals surface area contributed by atoms with Gasteiger partial charge >= 0.3 is 0 Å². The number of nitrogens with two attached hydrogens (primary N) is 1. The predicted octanol–water partition coefficient (Wildman–Crippen LogP) is 0.0709. The largest absolute Gasteiger partial charge is 0.374 e. The minimum absolute atomic E-state index is 0.0321. The summed E-state index contributed by atoms with van der Waals surface area (Å²) in [6.45, 7) is 0.875. The van der Waals surface area contributed by atoms with E-state index in [1.807, 2.05) is 12.2 Å². The Morgan fingerprint density at radius 2 is 2.20 bits per heavy atom. The first-order chi connectivity index (χ1) is 7.10. The van der Waals surface area contributed by atoms with Crippen molar-refractivity contribution in [2.24, 2.45) is 0 Å². The van der Waals surface area contributed by atoms with E-state index >= 15 is 0 Å². The fourth-order valence-corrected chi connectivity index (χ4v) is 3.60. The molecule has 2 heterocycles. The third-order valence-corrected chi connectivity index (χ3v) is 4.97. The lowest BCUT2D eigenvalue weighted by Crippen LogP contribution is -2.33. The fraction of sp³-hybridized carbons (Fsp3) is 0.429. The lowest BCUT2D eigenvalue weighted by atomic mass is 10.3. The monoisotopic (exact) mass is 246 g/mol. The Morgan fingerprint density at radius 1 is 1.40 bits per heavy atom. The molecule has 0 fully saturated rings. The topological polar surface area (TPSA) is 89.2 Å². The lowest BCUT2D eigenvalue weighted by Gasteiger charge is -2.20. The molecule has 0 aliphatic carbocycles. The summed E-state index contributed by atoms with van der Waals surface area (Å²) < 4.78 is 25.2. The molecule has 15 heavy (non-hydrogen) atoms. The van der Waals surface area contributed by atoms with Crippen LogP contribution in [0, 0.1) is 0 Å². The Bertz CT molecular complexity index is 479. The van der Waals surface area contributed by atoms with Crippen LogP contribution in [-0.4, -0.2) is 36.0 Å². The van der Waals surface area contributed by atoms with Gasteiger partial charge in [-0.15, -0.1) is 10.2 Å². The van der Waals surface area contributed by atoms with Gasteiger partial charge in [0.05, 0.1) is 0 Å². The average Bonchev–Trinajstić information content (AvgIpc) is 2.67. The van der Waals surface area contributed by atoms with Gasteiger partial charge in [-0.2, -0.15) is 4.31 Å². The molecule has 0 bridgehead atoms. The van der Waals surface area contributed by atoms with Crippen LogP contribution in [-0.2, 0) is 10.0 Å². The SMILES string of the molecule is Nc1nnc(S(=O)(=O)N2CC=CCC2)s1. The molecule has 6 nitrogen and oxygen atoms in total. The quantitative estimate of drug-likeness (QED) is 0.746. The van der Waals surface area contributed by atoms with Gasteiger partial charge in [-0.25, -0.2) is 8.42 Å². The van der Waals surface area contributed by atoms with Gasteiger partial charge in [0.2, 0.25) is 9.47 Å². The highest BCUT2D eigenvalue weighted by molar-refractivity contribution is 7.91. The van der Waals surface area contributed by atoms with Crippen molar-refractivity contribution in [1.29, 1.82) is 0 Å². The van der Waals surface area contributed by atoms with Crippen LogP contribution in [0.15, 0.2) is 16.5 Å². The van der Waals surface area contributed by atoms with Crippen molar-refractivity contribution in [2.75, 3.05) is 18.8 Å². The zero-order valence-electron chi connectivity index (χ0n) is 7.83. The van der Waals surface area contributed by atoms with Crippen LogP contribution in [0.3, 0.4) is 0 Å². The standard InChI is InChI=1S/C7H10N4O2S2/c8-6-9-10-7(14-6)15(12,13)11-4-2-1-3-5-11/h1-2H,3-5H2,(H2,8,9). The Labute approximate surface area is 91.5 Å². The Hall–Kier alpha value is -0.990. The van der Waals surface area contributed by atoms with E-state index in [9.17, 15) is 8.42 Å². The molecule has 0 saturated carbocycles. The number of hydrogen-bond acceptors (Lipinski definition) is 6. The Balaban J connectivity index is 2.30. The van der Waals surface area contributed by atoms with Crippen LogP contribution in [0.4, 0.5) is 5.13 Å². The molecule has 1 aliphatic heterocycles. The summed E-state index contributed by atoms with van der Waals surface area (Å²) in [5, 5.41) is 7.22. The Morgan fingerprint density at radius 3 is 2.73 bits per heavy atom. The zero-order valence-corrected chi connectivity index (χ0v) is 9.46. The molecule has 0 unspecified atom stereocenters. The van der Waals surface area contributed by atoms with Crippen LogP contribution < -0.4 is 5.73 Å². The number of aromatic nitrogens is 2. The van der Waals surface area contributed by atoms with Crippen molar-refractivity contribution in [2.45, 2.75) is 10.8 Å². The highest BCUT2D eigenvalue weighted by Crippen LogP contribution is 2.22. The minimum atomic E-state index is -3.49. The number of hydrogen-bond donors (Lipinski definition) is 1. The zero-order chi connectivity index (χ0) is 10.9. The normalized spacial score (nSPS) is 18.1. The van der Waals surface area contributed by atoms with Crippen molar-refractivity contribution >= 4 is 26.5 Å². The van der Waals surface area contributed by atoms with Crippen LogP contribution in [0.2, 0.25) is 0 Å². The van der Waals surface area contributed by atoms with Crippen molar-refractivity contribution < 1.29 is 8.42 Å². The van der Waals surface area contributed by atoms with Crippen LogP contribution >= 0.6 is 11.3 Å². The summed E-state index contributed by atoms with van der Waals surface area (Å²) in [6.07, 6.45) is 4.51. The highest BCUT2D eigenvalue weighted by atomic mass is 32.2. The van der Waals surface area contributed by atoms with Crippen molar-refractivity contribution in [3.05, 3.63) is 12.2 Å². The molecule has 2 N–H and O–H groups in total. The first kappa shape index (κ1) is 10.5. The molecule has 0 aromatic carbocycles. The number of rotatable bonds is 2. The average molecular weight is 246 g/mol. The first-order valence-corrected chi connectivity index (χ1v) is 6.60. The molecule has 8 heteroatoms. The highest BCUT2D eigenvalue weighted by Gasteiger charge is 2.27. The molecule has 2 rings (SSSR count). The van der Waals surface area contributed by atoms with E-state index in [-0.39, 0.29) is 9.47 Å². The second-order valence-electron chi connectivity index (χ2n) is 3.03. The second kappa shape index (κ2) is 3.87. The van der Waals surface area contributed by atoms with Gasteiger partial charge in [0.1, 0.15) is 0 Å². The number of nitrogens with zero attached hydrogens (tertiary/aromatic N) is 3. The molecule has 0 spiro atoms.